The number of benzene rings is 1. The Labute approximate surface area is 287 Å². The Morgan fingerprint density at radius 2 is 0.938 bits per heavy atom. The van der Waals surface area contributed by atoms with Gasteiger partial charge in [0.05, 0.1) is 25.4 Å². The van der Waals surface area contributed by atoms with Crippen molar-refractivity contribution in [2.75, 3.05) is 65.7 Å². The summed E-state index contributed by atoms with van der Waals surface area (Å²) >= 11 is 0. The largest absolute Gasteiger partial charge is 0.461 e. The highest BCUT2D eigenvalue weighted by molar-refractivity contribution is 5.92. The predicted octanol–water partition coefficient (Wildman–Crippen LogP) is 4.09. The van der Waals surface area contributed by atoms with E-state index in [-0.39, 0.29) is 49.6 Å². The van der Waals surface area contributed by atoms with E-state index in [1.54, 1.807) is 0 Å². The van der Waals surface area contributed by atoms with E-state index in [4.69, 9.17) is 19.2 Å². The number of hydrogen-bond donors (Lipinski definition) is 3. The molecular weight excluding hydrogens is 618 g/mol. The van der Waals surface area contributed by atoms with Gasteiger partial charge in [0, 0.05) is 58.5 Å². The van der Waals surface area contributed by atoms with Crippen molar-refractivity contribution < 1.29 is 38.4 Å². The summed E-state index contributed by atoms with van der Waals surface area (Å²) in [5, 5.41) is 0. The molecule has 0 spiro atoms. The minimum atomic E-state index is -0.382. The minimum Gasteiger partial charge on any atom is -0.461 e. The highest BCUT2D eigenvalue weighted by atomic mass is 16.7. The average molecular weight is 680 g/mol. The molecule has 0 saturated carbocycles. The van der Waals surface area contributed by atoms with Gasteiger partial charge >= 0.3 is 5.97 Å². The van der Waals surface area contributed by atoms with Crippen LogP contribution in [0.25, 0.3) is 0 Å². The molecule has 0 heterocycles. The number of nitrogens with one attached hydrogen (secondary N) is 3. The summed E-state index contributed by atoms with van der Waals surface area (Å²) in [7, 11) is 0. The van der Waals surface area contributed by atoms with Gasteiger partial charge in [-0.3, -0.25) is 33.8 Å². The second-order valence-electron chi connectivity index (χ2n) is 12.0. The molecule has 0 saturated heterocycles. The van der Waals surface area contributed by atoms with Crippen molar-refractivity contribution in [3.63, 3.8) is 0 Å². The van der Waals surface area contributed by atoms with Crippen LogP contribution in [-0.2, 0) is 33.6 Å². The number of nitrogens with zero attached hydrogens (tertiary/aromatic N) is 2. The minimum absolute atomic E-state index is 0.134. The van der Waals surface area contributed by atoms with Crippen molar-refractivity contribution in [3.8, 4) is 0 Å². The molecule has 0 radical (unpaired) electrons. The van der Waals surface area contributed by atoms with Crippen LogP contribution in [0.1, 0.15) is 106 Å². The van der Waals surface area contributed by atoms with Gasteiger partial charge in [0.15, 0.2) is 0 Å². The summed E-state index contributed by atoms with van der Waals surface area (Å²) in [6, 6.07) is 3.92. The van der Waals surface area contributed by atoms with Gasteiger partial charge in [-0.2, -0.15) is 0 Å². The van der Waals surface area contributed by atoms with Crippen LogP contribution in [0.2, 0.25) is 0 Å². The quantitative estimate of drug-likeness (QED) is 0.0672. The molecule has 3 amide bonds. The van der Waals surface area contributed by atoms with Crippen molar-refractivity contribution in [3.05, 3.63) is 34.4 Å². The van der Waals surface area contributed by atoms with Crippen LogP contribution in [0, 0.1) is 20.8 Å². The van der Waals surface area contributed by atoms with Gasteiger partial charge in [-0.1, -0.05) is 57.7 Å². The van der Waals surface area contributed by atoms with Crippen molar-refractivity contribution in [2.45, 2.75) is 99.3 Å². The van der Waals surface area contributed by atoms with Crippen LogP contribution in [0.3, 0.4) is 0 Å². The number of carbonyl (C=O) groups is 4. The molecule has 0 fully saturated rings. The van der Waals surface area contributed by atoms with Gasteiger partial charge in [-0.25, -0.2) is 21.2 Å². The zero-order valence-corrected chi connectivity index (χ0v) is 30.3. The number of rotatable bonds is 28. The Kier molecular flexibility index (Phi) is 24.0. The van der Waals surface area contributed by atoms with Gasteiger partial charge in [-0.05, 0) is 51.2 Å². The third kappa shape index (κ3) is 20.3. The molecule has 48 heavy (non-hydrogen) atoms. The first-order valence-electron chi connectivity index (χ1n) is 17.5. The number of hydrogen-bond acceptors (Lipinski definition) is 10. The van der Waals surface area contributed by atoms with E-state index in [2.05, 4.69) is 16.4 Å². The number of amides is 3. The monoisotopic (exact) mass is 679 g/mol. The molecule has 3 N–H and O–H groups in total. The molecule has 1 aromatic rings. The molecule has 0 atom stereocenters. The van der Waals surface area contributed by atoms with Crippen LogP contribution in [0.15, 0.2) is 12.1 Å². The van der Waals surface area contributed by atoms with Crippen molar-refractivity contribution >= 4 is 23.7 Å². The maximum Gasteiger partial charge on any atom is 0.338 e. The van der Waals surface area contributed by atoms with E-state index < -0.39 is 0 Å². The fourth-order valence-electron chi connectivity index (χ4n) is 4.77. The van der Waals surface area contributed by atoms with E-state index >= 15 is 0 Å². The van der Waals surface area contributed by atoms with E-state index in [9.17, 15) is 19.2 Å². The van der Waals surface area contributed by atoms with Crippen molar-refractivity contribution in [2.24, 2.45) is 0 Å². The Morgan fingerprint density at radius 3 is 1.31 bits per heavy atom. The van der Waals surface area contributed by atoms with Crippen LogP contribution in [-0.4, -0.2) is 99.2 Å². The van der Waals surface area contributed by atoms with E-state index in [0.717, 1.165) is 55.2 Å². The number of esters is 1. The summed E-state index contributed by atoms with van der Waals surface area (Å²) < 4.78 is 5.68. The van der Waals surface area contributed by atoms with Crippen LogP contribution in [0.5, 0.6) is 0 Å². The molecule has 0 aliphatic heterocycles. The van der Waals surface area contributed by atoms with Crippen molar-refractivity contribution in [1.29, 1.82) is 0 Å². The summed E-state index contributed by atoms with van der Waals surface area (Å²) in [4.78, 5) is 70.0. The average Bonchev–Trinajstić information content (AvgIpc) is 3.04. The Bertz CT molecular complexity index is 1040. The summed E-state index contributed by atoms with van der Waals surface area (Å²) in [6.45, 7) is 16.0. The zero-order chi connectivity index (χ0) is 35.6. The van der Waals surface area contributed by atoms with Crippen LogP contribution >= 0.6 is 0 Å². The maximum absolute atomic E-state index is 13.0. The topological polar surface area (TPSA) is 148 Å². The fourth-order valence-corrected chi connectivity index (χ4v) is 4.77. The van der Waals surface area contributed by atoms with Gasteiger partial charge in [-0.15, -0.1) is 0 Å². The van der Waals surface area contributed by atoms with Crippen LogP contribution < -0.4 is 16.4 Å². The second kappa shape index (κ2) is 26.8. The van der Waals surface area contributed by atoms with Gasteiger partial charge in [0.2, 0.25) is 17.7 Å². The van der Waals surface area contributed by atoms with E-state index in [1.807, 2.05) is 63.5 Å². The number of carbonyl (C=O) groups excluding carboxylic acids is 4. The van der Waals surface area contributed by atoms with E-state index in [0.29, 0.717) is 64.7 Å². The molecular formula is C35H61N5O8. The van der Waals surface area contributed by atoms with Gasteiger partial charge < -0.3 is 9.64 Å². The lowest BCUT2D eigenvalue weighted by Gasteiger charge is -2.27. The summed E-state index contributed by atoms with van der Waals surface area (Å²) in [6.07, 6.45) is 5.98. The Balaban J connectivity index is 2.87. The number of ether oxygens (including phenoxy) is 1. The van der Waals surface area contributed by atoms with Crippen LogP contribution in [0.4, 0.5) is 0 Å². The number of unbranched alkanes of at least 4 members (excludes halogenated alkanes) is 3. The highest BCUT2D eigenvalue weighted by Gasteiger charge is 2.17. The van der Waals surface area contributed by atoms with Crippen molar-refractivity contribution in [1.82, 2.24) is 26.2 Å². The summed E-state index contributed by atoms with van der Waals surface area (Å²) in [5.74, 6) is -1.11. The normalized spacial score (nSPS) is 11.2. The molecule has 13 nitrogen and oxygen atoms in total. The molecule has 0 unspecified atom stereocenters. The molecule has 0 aromatic heterocycles. The fraction of sp³-hybridized carbons (Fsp3) is 0.714. The first kappa shape index (κ1) is 42.9. The Morgan fingerprint density at radius 1 is 0.562 bits per heavy atom. The molecule has 274 valence electrons. The molecule has 1 aromatic carbocycles. The smallest absolute Gasteiger partial charge is 0.338 e. The lowest BCUT2D eigenvalue weighted by molar-refractivity contribution is -0.135. The SMILES string of the molecule is CCCCONC(=O)CCN(CCOC(=O)c1c(C)cc(C)cc1C)CCN(CCC(=O)NOCCCC)CCC(=O)NOCCCC. The maximum atomic E-state index is 13.0. The molecule has 13 heteroatoms. The Hall–Kier alpha value is -3.10. The summed E-state index contributed by atoms with van der Waals surface area (Å²) in [5.41, 5.74) is 10.8. The molecule has 0 aliphatic carbocycles. The third-order valence-electron chi connectivity index (χ3n) is 7.58. The number of aryl methyl sites for hydroxylation is 3. The van der Waals surface area contributed by atoms with Gasteiger partial charge in [0.1, 0.15) is 6.61 Å². The predicted molar refractivity (Wildman–Crippen MR) is 185 cm³/mol. The molecule has 1 rings (SSSR count). The molecule has 0 bridgehead atoms. The highest BCUT2D eigenvalue weighted by Crippen LogP contribution is 2.17. The lowest BCUT2D eigenvalue weighted by Crippen LogP contribution is -2.41. The first-order chi connectivity index (χ1) is 23.1. The third-order valence-corrected chi connectivity index (χ3v) is 7.58. The first-order valence-corrected chi connectivity index (χ1v) is 17.5. The zero-order valence-electron chi connectivity index (χ0n) is 30.3. The number of hydroxylamine groups is 3. The van der Waals surface area contributed by atoms with Gasteiger partial charge in [0.25, 0.3) is 0 Å². The lowest BCUT2D eigenvalue weighted by atomic mass is 10.00. The molecule has 0 aliphatic rings. The standard InChI is InChI=1S/C35H61N5O8/c1-7-10-22-46-36-31(41)13-16-39(17-14-32(42)37-47-23-11-8-2)19-20-40(18-15-33(43)38-48-24-12-9-3)21-25-45-35(44)34-29(5)26-28(4)27-30(34)6/h26-27H,7-25H2,1-6H3,(H,36,41)(H,37,42)(H,38,43). The van der Waals surface area contributed by atoms with E-state index in [1.165, 1.54) is 0 Å². The second-order valence-corrected chi connectivity index (χ2v) is 12.0.